The fraction of sp³-hybridized carbons (Fsp3) is 0.778. The first-order chi connectivity index (χ1) is 6.56. The summed E-state index contributed by atoms with van der Waals surface area (Å²) >= 11 is 0. The molecular formula is C9H17NO4. The van der Waals surface area contributed by atoms with Crippen LogP contribution in [0, 0.1) is 5.92 Å². The zero-order valence-corrected chi connectivity index (χ0v) is 8.58. The molecule has 0 bridgehead atoms. The van der Waals surface area contributed by atoms with Crippen molar-refractivity contribution in [2.45, 2.75) is 19.8 Å². The van der Waals surface area contributed by atoms with Crippen LogP contribution in [0.3, 0.4) is 0 Å². The molecule has 0 spiro atoms. The Hall–Kier alpha value is -1.10. The second kappa shape index (κ2) is 7.32. The van der Waals surface area contributed by atoms with Crippen molar-refractivity contribution in [3.05, 3.63) is 0 Å². The van der Waals surface area contributed by atoms with Crippen LogP contribution in [0.25, 0.3) is 0 Å². The number of carbonyl (C=O) groups excluding carboxylic acids is 1. The van der Waals surface area contributed by atoms with Crippen LogP contribution >= 0.6 is 0 Å². The van der Waals surface area contributed by atoms with Crippen LogP contribution in [-0.4, -0.2) is 37.2 Å². The molecule has 0 aromatic heterocycles. The molecule has 82 valence electrons. The molecule has 0 aromatic rings. The number of amides is 1. The second-order valence-electron chi connectivity index (χ2n) is 3.25. The van der Waals surface area contributed by atoms with Crippen molar-refractivity contribution in [2.75, 3.05) is 20.3 Å². The summed E-state index contributed by atoms with van der Waals surface area (Å²) in [5.41, 5.74) is 0. The quantitative estimate of drug-likeness (QED) is 0.622. The molecule has 0 radical (unpaired) electrons. The van der Waals surface area contributed by atoms with Crippen LogP contribution in [0.2, 0.25) is 0 Å². The Kier molecular flexibility index (Phi) is 6.74. The normalized spacial score (nSPS) is 12.1. The molecule has 1 unspecified atom stereocenters. The number of carboxylic acids is 1. The van der Waals surface area contributed by atoms with Gasteiger partial charge in [-0.25, -0.2) is 0 Å². The highest BCUT2D eigenvalue weighted by atomic mass is 16.5. The van der Waals surface area contributed by atoms with E-state index >= 15 is 0 Å². The van der Waals surface area contributed by atoms with Crippen molar-refractivity contribution in [2.24, 2.45) is 5.92 Å². The van der Waals surface area contributed by atoms with Gasteiger partial charge < -0.3 is 15.2 Å². The molecule has 0 aliphatic heterocycles. The summed E-state index contributed by atoms with van der Waals surface area (Å²) in [4.78, 5) is 21.3. The van der Waals surface area contributed by atoms with Gasteiger partial charge in [-0.15, -0.1) is 0 Å². The first-order valence-electron chi connectivity index (χ1n) is 4.53. The van der Waals surface area contributed by atoms with Gasteiger partial charge in [0.05, 0.1) is 6.61 Å². The van der Waals surface area contributed by atoms with E-state index in [0.29, 0.717) is 19.6 Å². The van der Waals surface area contributed by atoms with E-state index in [0.717, 1.165) is 0 Å². The summed E-state index contributed by atoms with van der Waals surface area (Å²) in [6.45, 7) is 2.57. The molecule has 0 saturated carbocycles. The lowest BCUT2D eigenvalue weighted by Gasteiger charge is -2.09. The first-order valence-corrected chi connectivity index (χ1v) is 4.53. The second-order valence-corrected chi connectivity index (χ2v) is 3.25. The van der Waals surface area contributed by atoms with Gasteiger partial charge in [0.25, 0.3) is 0 Å². The highest BCUT2D eigenvalue weighted by Gasteiger charge is 2.08. The minimum atomic E-state index is -0.844. The molecule has 0 fully saturated rings. The van der Waals surface area contributed by atoms with Crippen molar-refractivity contribution < 1.29 is 19.4 Å². The number of hydrogen-bond donors (Lipinski definition) is 2. The molecule has 2 N–H and O–H groups in total. The fourth-order valence-electron chi connectivity index (χ4n) is 0.941. The van der Waals surface area contributed by atoms with Gasteiger partial charge >= 0.3 is 5.97 Å². The predicted octanol–water partition coefficient (Wildman–Crippen LogP) is 0.250. The summed E-state index contributed by atoms with van der Waals surface area (Å²) in [6.07, 6.45) is 0.390. The SMILES string of the molecule is COCCC(=O)NCC(C)CC(=O)O. The molecule has 0 aliphatic rings. The Balaban J connectivity index is 3.50. The fourth-order valence-corrected chi connectivity index (χ4v) is 0.941. The minimum Gasteiger partial charge on any atom is -0.481 e. The molecular weight excluding hydrogens is 186 g/mol. The Morgan fingerprint density at radius 3 is 2.64 bits per heavy atom. The van der Waals surface area contributed by atoms with E-state index in [4.69, 9.17) is 9.84 Å². The van der Waals surface area contributed by atoms with Gasteiger partial charge in [-0.1, -0.05) is 6.92 Å². The monoisotopic (exact) mass is 203 g/mol. The van der Waals surface area contributed by atoms with Crippen LogP contribution in [0.15, 0.2) is 0 Å². The van der Waals surface area contributed by atoms with E-state index in [1.807, 2.05) is 0 Å². The maximum Gasteiger partial charge on any atom is 0.303 e. The third-order valence-electron chi connectivity index (χ3n) is 1.70. The van der Waals surface area contributed by atoms with Gasteiger partial charge in [0.2, 0.25) is 5.91 Å². The molecule has 0 heterocycles. The molecule has 0 aromatic carbocycles. The molecule has 0 aliphatic carbocycles. The summed E-state index contributed by atoms with van der Waals surface area (Å²) in [5.74, 6) is -0.994. The molecule has 14 heavy (non-hydrogen) atoms. The number of nitrogens with one attached hydrogen (secondary N) is 1. The van der Waals surface area contributed by atoms with E-state index < -0.39 is 5.97 Å². The number of carbonyl (C=O) groups is 2. The summed E-state index contributed by atoms with van der Waals surface area (Å²) in [5, 5.41) is 11.1. The third-order valence-corrected chi connectivity index (χ3v) is 1.70. The van der Waals surface area contributed by atoms with Crippen LogP contribution in [0.1, 0.15) is 19.8 Å². The van der Waals surface area contributed by atoms with E-state index in [2.05, 4.69) is 5.32 Å². The molecule has 0 saturated heterocycles. The molecule has 0 rings (SSSR count). The Morgan fingerprint density at radius 2 is 2.14 bits per heavy atom. The molecule has 1 atom stereocenters. The van der Waals surface area contributed by atoms with E-state index in [1.165, 1.54) is 7.11 Å². The van der Waals surface area contributed by atoms with Crippen molar-refractivity contribution in [1.29, 1.82) is 0 Å². The summed E-state index contributed by atoms with van der Waals surface area (Å²) in [7, 11) is 1.53. The number of aliphatic carboxylic acids is 1. The molecule has 5 nitrogen and oxygen atoms in total. The minimum absolute atomic E-state index is 0.0426. The third kappa shape index (κ3) is 7.54. The van der Waals surface area contributed by atoms with Gasteiger partial charge in [-0.2, -0.15) is 0 Å². The van der Waals surface area contributed by atoms with Crippen molar-refractivity contribution in [1.82, 2.24) is 5.32 Å². The number of hydrogen-bond acceptors (Lipinski definition) is 3. The number of carboxylic acid groups (broad SMARTS) is 1. The molecule has 1 amide bonds. The zero-order chi connectivity index (χ0) is 11.0. The highest BCUT2D eigenvalue weighted by Crippen LogP contribution is 1.99. The van der Waals surface area contributed by atoms with Gasteiger partial charge in [0.15, 0.2) is 0 Å². The topological polar surface area (TPSA) is 75.6 Å². The number of ether oxygens (including phenoxy) is 1. The average molecular weight is 203 g/mol. The van der Waals surface area contributed by atoms with Crippen molar-refractivity contribution in [3.8, 4) is 0 Å². The maximum absolute atomic E-state index is 11.1. The number of rotatable bonds is 7. The van der Waals surface area contributed by atoms with Crippen molar-refractivity contribution in [3.63, 3.8) is 0 Å². The Labute approximate surface area is 83.4 Å². The first kappa shape index (κ1) is 12.9. The number of methoxy groups -OCH3 is 1. The Bertz CT molecular complexity index is 193. The largest absolute Gasteiger partial charge is 0.481 e. The van der Waals surface area contributed by atoms with E-state index in [9.17, 15) is 9.59 Å². The summed E-state index contributed by atoms with van der Waals surface area (Å²) in [6, 6.07) is 0. The lowest BCUT2D eigenvalue weighted by Crippen LogP contribution is -2.29. The maximum atomic E-state index is 11.1. The lowest BCUT2D eigenvalue weighted by molar-refractivity contribution is -0.138. The van der Waals surface area contributed by atoms with Gasteiger partial charge in [0.1, 0.15) is 0 Å². The average Bonchev–Trinajstić information content (AvgIpc) is 2.10. The van der Waals surface area contributed by atoms with Crippen LogP contribution < -0.4 is 5.32 Å². The van der Waals surface area contributed by atoms with Gasteiger partial charge in [-0.05, 0) is 5.92 Å². The van der Waals surface area contributed by atoms with Gasteiger partial charge in [0, 0.05) is 26.5 Å². The van der Waals surface area contributed by atoms with Crippen molar-refractivity contribution >= 4 is 11.9 Å². The van der Waals surface area contributed by atoms with E-state index in [-0.39, 0.29) is 18.2 Å². The van der Waals surface area contributed by atoms with E-state index in [1.54, 1.807) is 6.92 Å². The molecule has 5 heteroatoms. The highest BCUT2D eigenvalue weighted by molar-refractivity contribution is 5.76. The van der Waals surface area contributed by atoms with Crippen LogP contribution in [0.5, 0.6) is 0 Å². The summed E-state index contributed by atoms with van der Waals surface area (Å²) < 4.78 is 4.73. The van der Waals surface area contributed by atoms with Crippen LogP contribution in [-0.2, 0) is 14.3 Å². The Morgan fingerprint density at radius 1 is 1.50 bits per heavy atom. The van der Waals surface area contributed by atoms with Gasteiger partial charge in [-0.3, -0.25) is 9.59 Å². The smallest absolute Gasteiger partial charge is 0.303 e. The lowest BCUT2D eigenvalue weighted by atomic mass is 10.1. The predicted molar refractivity (Wildman–Crippen MR) is 50.9 cm³/mol. The zero-order valence-electron chi connectivity index (χ0n) is 8.58. The van der Waals surface area contributed by atoms with Crippen LogP contribution in [0.4, 0.5) is 0 Å². The standard InChI is InChI=1S/C9H17NO4/c1-7(5-9(12)13)6-10-8(11)3-4-14-2/h7H,3-6H2,1-2H3,(H,10,11)(H,12,13).